The smallest absolute Gasteiger partial charge is 0.276 e. The third kappa shape index (κ3) is 3.99. The van der Waals surface area contributed by atoms with Gasteiger partial charge in [0.05, 0.1) is 5.56 Å². The van der Waals surface area contributed by atoms with Crippen LogP contribution in [-0.4, -0.2) is 40.4 Å². The SMILES string of the molecule is O=S(=O)(c1cccn2c(SCc3cccc(C(F)(F)F)c3)nnc12)N1CCCC1. The molecule has 1 aliphatic heterocycles. The topological polar surface area (TPSA) is 67.6 Å². The summed E-state index contributed by atoms with van der Waals surface area (Å²) < 4.78 is 67.4. The van der Waals surface area contributed by atoms with Crippen LogP contribution in [0.25, 0.3) is 5.65 Å². The van der Waals surface area contributed by atoms with E-state index in [1.807, 2.05) is 0 Å². The average molecular weight is 442 g/mol. The molecular weight excluding hydrogens is 425 g/mol. The number of pyridine rings is 1. The van der Waals surface area contributed by atoms with Crippen molar-refractivity contribution in [1.29, 1.82) is 0 Å². The fourth-order valence-corrected chi connectivity index (χ4v) is 5.72. The van der Waals surface area contributed by atoms with Gasteiger partial charge in [0, 0.05) is 25.0 Å². The van der Waals surface area contributed by atoms with E-state index in [0.717, 1.165) is 25.0 Å². The summed E-state index contributed by atoms with van der Waals surface area (Å²) in [6.07, 6.45) is -1.10. The van der Waals surface area contributed by atoms with Gasteiger partial charge in [0.15, 0.2) is 10.8 Å². The zero-order chi connectivity index (χ0) is 20.6. The highest BCUT2D eigenvalue weighted by molar-refractivity contribution is 7.98. The average Bonchev–Trinajstić information content (AvgIpc) is 3.36. The summed E-state index contributed by atoms with van der Waals surface area (Å²) in [6, 6.07) is 8.19. The Morgan fingerprint density at radius 1 is 1.07 bits per heavy atom. The zero-order valence-corrected chi connectivity index (χ0v) is 16.8. The minimum absolute atomic E-state index is 0.0836. The molecule has 0 N–H and O–H groups in total. The predicted molar refractivity (Wildman–Crippen MR) is 102 cm³/mol. The lowest BCUT2D eigenvalue weighted by Gasteiger charge is -2.15. The van der Waals surface area contributed by atoms with Crippen molar-refractivity contribution in [2.45, 2.75) is 34.8 Å². The molecular formula is C18H17F3N4O2S2. The number of rotatable bonds is 5. The lowest BCUT2D eigenvalue weighted by Crippen LogP contribution is -2.28. The van der Waals surface area contributed by atoms with Crippen molar-refractivity contribution < 1.29 is 21.6 Å². The van der Waals surface area contributed by atoms with E-state index in [-0.39, 0.29) is 16.3 Å². The molecule has 1 aliphatic rings. The summed E-state index contributed by atoms with van der Waals surface area (Å²) in [6.45, 7) is 0.962. The van der Waals surface area contributed by atoms with Crippen LogP contribution in [-0.2, 0) is 22.0 Å². The lowest BCUT2D eigenvalue weighted by molar-refractivity contribution is -0.137. The highest BCUT2D eigenvalue weighted by Crippen LogP contribution is 2.31. The monoisotopic (exact) mass is 442 g/mol. The molecule has 0 bridgehead atoms. The van der Waals surface area contributed by atoms with Crippen LogP contribution >= 0.6 is 11.8 Å². The second-order valence-corrected chi connectivity index (χ2v) is 9.50. The van der Waals surface area contributed by atoms with Gasteiger partial charge in [0.2, 0.25) is 10.0 Å². The second-order valence-electron chi connectivity index (χ2n) is 6.65. The Hall–Kier alpha value is -2.11. The van der Waals surface area contributed by atoms with Crippen LogP contribution < -0.4 is 0 Å². The van der Waals surface area contributed by atoms with Crippen molar-refractivity contribution in [3.8, 4) is 0 Å². The molecule has 1 aromatic carbocycles. The largest absolute Gasteiger partial charge is 0.416 e. The minimum Gasteiger partial charge on any atom is -0.276 e. The number of thioether (sulfide) groups is 1. The molecule has 0 aliphatic carbocycles. The van der Waals surface area contributed by atoms with Crippen molar-refractivity contribution in [1.82, 2.24) is 18.9 Å². The molecule has 0 spiro atoms. The van der Waals surface area contributed by atoms with Crippen molar-refractivity contribution in [3.05, 3.63) is 53.7 Å². The molecule has 154 valence electrons. The van der Waals surface area contributed by atoms with Gasteiger partial charge < -0.3 is 0 Å². The van der Waals surface area contributed by atoms with E-state index in [9.17, 15) is 21.6 Å². The molecule has 4 rings (SSSR count). The first kappa shape index (κ1) is 20.2. The highest BCUT2D eigenvalue weighted by Gasteiger charge is 2.31. The van der Waals surface area contributed by atoms with E-state index in [2.05, 4.69) is 10.2 Å². The molecule has 0 unspecified atom stereocenters. The molecule has 3 aromatic rings. The molecule has 0 amide bonds. The van der Waals surface area contributed by atoms with E-state index in [1.54, 1.807) is 22.7 Å². The summed E-state index contributed by atoms with van der Waals surface area (Å²) in [5.41, 5.74) is -0.00551. The summed E-state index contributed by atoms with van der Waals surface area (Å²) in [7, 11) is -3.67. The second kappa shape index (κ2) is 7.62. The Kier molecular flexibility index (Phi) is 5.30. The van der Waals surface area contributed by atoms with Gasteiger partial charge in [0.25, 0.3) is 0 Å². The Morgan fingerprint density at radius 3 is 2.55 bits per heavy atom. The maximum atomic E-state index is 12.9. The molecule has 0 radical (unpaired) electrons. The molecule has 29 heavy (non-hydrogen) atoms. The summed E-state index contributed by atoms with van der Waals surface area (Å²) in [5, 5.41) is 8.50. The van der Waals surface area contributed by atoms with Gasteiger partial charge in [0.1, 0.15) is 4.90 Å². The van der Waals surface area contributed by atoms with Gasteiger partial charge in [-0.05, 0) is 36.6 Å². The van der Waals surface area contributed by atoms with Gasteiger partial charge >= 0.3 is 6.18 Å². The van der Waals surface area contributed by atoms with E-state index >= 15 is 0 Å². The normalized spacial score (nSPS) is 16.0. The van der Waals surface area contributed by atoms with E-state index in [0.29, 0.717) is 23.8 Å². The van der Waals surface area contributed by atoms with Crippen LogP contribution in [0, 0.1) is 0 Å². The molecule has 2 aromatic heterocycles. The van der Waals surface area contributed by atoms with Gasteiger partial charge in [-0.1, -0.05) is 30.0 Å². The van der Waals surface area contributed by atoms with Crippen molar-refractivity contribution in [2.75, 3.05) is 13.1 Å². The quantitative estimate of drug-likeness (QED) is 0.562. The van der Waals surface area contributed by atoms with Crippen LogP contribution in [0.1, 0.15) is 24.0 Å². The van der Waals surface area contributed by atoms with E-state index < -0.39 is 21.8 Å². The standard InChI is InChI=1S/C18H17F3N4O2S2/c19-18(20,21)14-6-3-5-13(11-14)12-28-17-23-22-16-15(7-4-10-25(16)17)29(26,27)24-8-1-2-9-24/h3-7,10-11H,1-2,8-9,12H2. The van der Waals surface area contributed by atoms with Crippen LogP contribution in [0.4, 0.5) is 13.2 Å². The highest BCUT2D eigenvalue weighted by atomic mass is 32.2. The van der Waals surface area contributed by atoms with Gasteiger partial charge in [-0.25, -0.2) is 8.42 Å². The maximum Gasteiger partial charge on any atom is 0.416 e. The van der Waals surface area contributed by atoms with Crippen molar-refractivity contribution in [2.24, 2.45) is 0 Å². The van der Waals surface area contributed by atoms with Crippen LogP contribution in [0.3, 0.4) is 0 Å². The van der Waals surface area contributed by atoms with Gasteiger partial charge in [-0.2, -0.15) is 17.5 Å². The Labute approximate surface area is 169 Å². The minimum atomic E-state index is -4.40. The number of hydrogen-bond acceptors (Lipinski definition) is 5. The van der Waals surface area contributed by atoms with Crippen molar-refractivity contribution >= 4 is 27.4 Å². The molecule has 0 saturated carbocycles. The first-order valence-electron chi connectivity index (χ1n) is 8.90. The van der Waals surface area contributed by atoms with Crippen LogP contribution in [0.5, 0.6) is 0 Å². The number of alkyl halides is 3. The van der Waals surface area contributed by atoms with E-state index in [1.165, 1.54) is 28.2 Å². The Morgan fingerprint density at radius 2 is 1.83 bits per heavy atom. The number of hydrogen-bond donors (Lipinski definition) is 0. The number of benzene rings is 1. The zero-order valence-electron chi connectivity index (χ0n) is 15.1. The third-order valence-corrected chi connectivity index (χ3v) is 7.61. The third-order valence-electron chi connectivity index (χ3n) is 4.67. The number of nitrogens with zero attached hydrogens (tertiary/aromatic N) is 4. The van der Waals surface area contributed by atoms with Crippen LogP contribution in [0.2, 0.25) is 0 Å². The molecule has 3 heterocycles. The van der Waals surface area contributed by atoms with Gasteiger partial charge in [-0.3, -0.25) is 4.40 Å². The molecule has 1 fully saturated rings. The summed E-state index contributed by atoms with van der Waals surface area (Å²) in [4.78, 5) is 0.0836. The lowest BCUT2D eigenvalue weighted by atomic mass is 10.1. The Balaban J connectivity index is 1.60. The fourth-order valence-electron chi connectivity index (χ4n) is 3.22. The van der Waals surface area contributed by atoms with Gasteiger partial charge in [-0.15, -0.1) is 10.2 Å². The Bertz CT molecular complexity index is 1140. The summed E-state index contributed by atoms with van der Waals surface area (Å²) >= 11 is 1.19. The molecule has 1 saturated heterocycles. The number of sulfonamides is 1. The maximum absolute atomic E-state index is 12.9. The fraction of sp³-hybridized carbons (Fsp3) is 0.333. The number of fused-ring (bicyclic) bond motifs is 1. The summed E-state index contributed by atoms with van der Waals surface area (Å²) in [5.74, 6) is 0.244. The number of halogens is 3. The first-order chi connectivity index (χ1) is 13.8. The van der Waals surface area contributed by atoms with E-state index in [4.69, 9.17) is 0 Å². The molecule has 6 nitrogen and oxygen atoms in total. The van der Waals surface area contributed by atoms with Crippen LogP contribution in [0.15, 0.2) is 52.6 Å². The number of aromatic nitrogens is 3. The van der Waals surface area contributed by atoms with Crippen molar-refractivity contribution in [3.63, 3.8) is 0 Å². The predicted octanol–water partition coefficient (Wildman–Crippen LogP) is 3.82. The first-order valence-corrected chi connectivity index (χ1v) is 11.3. The molecule has 0 atom stereocenters. The molecule has 11 heteroatoms.